The van der Waals surface area contributed by atoms with Crippen molar-refractivity contribution < 1.29 is 19.2 Å². The summed E-state index contributed by atoms with van der Waals surface area (Å²) in [5, 5.41) is 22.3. The van der Waals surface area contributed by atoms with Crippen molar-refractivity contribution in [2.24, 2.45) is 17.3 Å². The fourth-order valence-corrected chi connectivity index (χ4v) is 3.48. The maximum atomic E-state index is 12.2. The second kappa shape index (κ2) is 8.83. The highest BCUT2D eigenvalue weighted by atomic mass is 16.6. The first-order valence-electron chi connectivity index (χ1n) is 9.27. The van der Waals surface area contributed by atoms with Gasteiger partial charge in [-0.15, -0.1) is 0 Å². The number of rotatable bonds is 5. The number of carbonyl (C=O) groups excluding carboxylic acids is 2. The third kappa shape index (κ3) is 5.52. The highest BCUT2D eigenvalue weighted by Crippen LogP contribution is 2.40. The predicted molar refractivity (Wildman–Crippen MR) is 102 cm³/mol. The zero-order valence-electron chi connectivity index (χ0n) is 16.4. The predicted octanol–water partition coefficient (Wildman–Crippen LogP) is 3.80. The number of nitro groups is 1. The Hall–Kier alpha value is -2.95. The molecule has 28 heavy (non-hydrogen) atoms. The quantitative estimate of drug-likeness (QED) is 0.466. The number of nitro benzene ring substituents is 1. The van der Waals surface area contributed by atoms with Crippen molar-refractivity contribution in [2.45, 2.75) is 46.5 Å². The molecule has 0 aliphatic heterocycles. The van der Waals surface area contributed by atoms with Gasteiger partial charge in [-0.2, -0.15) is 5.26 Å². The van der Waals surface area contributed by atoms with Crippen LogP contribution in [0.5, 0.6) is 0 Å². The molecule has 8 nitrogen and oxygen atoms in total. The molecule has 1 aromatic rings. The third-order valence-corrected chi connectivity index (χ3v) is 5.24. The number of ether oxygens (including phenoxy) is 1. The van der Waals surface area contributed by atoms with E-state index >= 15 is 0 Å². The Bertz CT molecular complexity index is 799. The molecule has 0 bridgehead atoms. The summed E-state index contributed by atoms with van der Waals surface area (Å²) in [7, 11) is 0. The van der Waals surface area contributed by atoms with E-state index in [0.29, 0.717) is 5.92 Å². The largest absolute Gasteiger partial charge is 0.455 e. The van der Waals surface area contributed by atoms with Crippen LogP contribution in [0.2, 0.25) is 0 Å². The second-order valence-electron chi connectivity index (χ2n) is 8.17. The Labute approximate surface area is 164 Å². The second-order valence-corrected chi connectivity index (χ2v) is 8.17. The molecule has 1 amide bonds. The van der Waals surface area contributed by atoms with E-state index in [1.807, 2.05) is 0 Å². The van der Waals surface area contributed by atoms with Gasteiger partial charge in [0.15, 0.2) is 6.61 Å². The van der Waals surface area contributed by atoms with E-state index in [2.05, 4.69) is 26.1 Å². The molecule has 1 aliphatic rings. The highest BCUT2D eigenvalue weighted by Gasteiger charge is 2.33. The van der Waals surface area contributed by atoms with Crippen LogP contribution in [-0.2, 0) is 14.3 Å². The van der Waals surface area contributed by atoms with Crippen molar-refractivity contribution >= 4 is 23.3 Å². The number of benzene rings is 1. The van der Waals surface area contributed by atoms with Gasteiger partial charge in [-0.3, -0.25) is 19.7 Å². The number of carbonyl (C=O) groups is 2. The molecule has 1 fully saturated rings. The SMILES string of the molecule is CC(C)(C)C1CCC(C(=O)OCC(=O)Nc2ccc([N+](=O)[O-])cc2C#N)CC1. The van der Waals surface area contributed by atoms with Gasteiger partial charge in [0.25, 0.3) is 11.6 Å². The van der Waals surface area contributed by atoms with Crippen LogP contribution in [0.3, 0.4) is 0 Å². The van der Waals surface area contributed by atoms with E-state index in [1.165, 1.54) is 12.1 Å². The molecule has 1 aliphatic carbocycles. The molecule has 1 saturated carbocycles. The molecule has 0 radical (unpaired) electrons. The standard InChI is InChI=1S/C20H25N3O5/c1-20(2,3)15-6-4-13(5-7-15)19(25)28-12-18(24)22-17-9-8-16(23(26)27)10-14(17)11-21/h8-10,13,15H,4-7,12H2,1-3H3,(H,22,24). The fourth-order valence-electron chi connectivity index (χ4n) is 3.48. The molecule has 2 rings (SSSR count). The van der Waals surface area contributed by atoms with Crippen molar-refractivity contribution in [1.29, 1.82) is 5.26 Å². The van der Waals surface area contributed by atoms with Crippen molar-refractivity contribution in [2.75, 3.05) is 11.9 Å². The summed E-state index contributed by atoms with van der Waals surface area (Å²) in [6.45, 7) is 6.15. The Morgan fingerprint density at radius 1 is 1.29 bits per heavy atom. The van der Waals surface area contributed by atoms with Crippen molar-refractivity contribution in [3.8, 4) is 6.07 Å². The summed E-state index contributed by atoms with van der Waals surface area (Å²) in [5.74, 6) is -0.597. The van der Waals surface area contributed by atoms with E-state index < -0.39 is 17.4 Å². The van der Waals surface area contributed by atoms with Gasteiger partial charge < -0.3 is 10.1 Å². The molecule has 0 aromatic heterocycles. The smallest absolute Gasteiger partial charge is 0.309 e. The van der Waals surface area contributed by atoms with Crippen LogP contribution in [0, 0.1) is 38.7 Å². The lowest BCUT2D eigenvalue weighted by Gasteiger charge is -2.36. The van der Waals surface area contributed by atoms with Crippen molar-refractivity contribution in [1.82, 2.24) is 0 Å². The van der Waals surface area contributed by atoms with E-state index in [1.54, 1.807) is 6.07 Å². The summed E-state index contributed by atoms with van der Waals surface area (Å²) in [4.78, 5) is 34.4. The topological polar surface area (TPSA) is 122 Å². The van der Waals surface area contributed by atoms with E-state index in [9.17, 15) is 19.7 Å². The average molecular weight is 387 g/mol. The van der Waals surface area contributed by atoms with Gasteiger partial charge in [-0.05, 0) is 43.1 Å². The lowest BCUT2D eigenvalue weighted by molar-refractivity contribution is -0.384. The maximum Gasteiger partial charge on any atom is 0.309 e. The van der Waals surface area contributed by atoms with Gasteiger partial charge in [0.05, 0.1) is 22.1 Å². The Kier molecular flexibility index (Phi) is 6.73. The number of hydrogen-bond donors (Lipinski definition) is 1. The fraction of sp³-hybridized carbons (Fsp3) is 0.550. The minimum absolute atomic E-state index is 0.0330. The third-order valence-electron chi connectivity index (χ3n) is 5.24. The molecule has 150 valence electrons. The van der Waals surface area contributed by atoms with Crippen LogP contribution in [0.25, 0.3) is 0 Å². The number of amides is 1. The lowest BCUT2D eigenvalue weighted by Crippen LogP contribution is -2.31. The minimum atomic E-state index is -0.622. The number of esters is 1. The molecule has 0 spiro atoms. The van der Waals surface area contributed by atoms with Crippen LogP contribution >= 0.6 is 0 Å². The normalized spacial score (nSPS) is 19.4. The summed E-state index contributed by atoms with van der Waals surface area (Å²) in [6, 6.07) is 5.35. The lowest BCUT2D eigenvalue weighted by atomic mass is 9.70. The van der Waals surface area contributed by atoms with Gasteiger partial charge in [-0.1, -0.05) is 20.8 Å². The number of hydrogen-bond acceptors (Lipinski definition) is 6. The molecule has 0 unspecified atom stereocenters. The van der Waals surface area contributed by atoms with Gasteiger partial charge >= 0.3 is 5.97 Å². The number of nitrogens with zero attached hydrogens (tertiary/aromatic N) is 2. The molecule has 8 heteroatoms. The Morgan fingerprint density at radius 2 is 1.93 bits per heavy atom. The van der Waals surface area contributed by atoms with Crippen LogP contribution in [0.1, 0.15) is 52.0 Å². The van der Waals surface area contributed by atoms with Crippen molar-refractivity contribution in [3.63, 3.8) is 0 Å². The zero-order valence-corrected chi connectivity index (χ0v) is 16.4. The van der Waals surface area contributed by atoms with E-state index in [4.69, 9.17) is 10.00 Å². The summed E-state index contributed by atoms with van der Waals surface area (Å²) in [5.41, 5.74) is 0.0823. The van der Waals surface area contributed by atoms with Gasteiger partial charge in [0.2, 0.25) is 0 Å². The zero-order chi connectivity index (χ0) is 20.9. The van der Waals surface area contributed by atoms with Gasteiger partial charge in [-0.25, -0.2) is 0 Å². The minimum Gasteiger partial charge on any atom is -0.455 e. The molecule has 0 saturated heterocycles. The van der Waals surface area contributed by atoms with Gasteiger partial charge in [0, 0.05) is 12.1 Å². The van der Waals surface area contributed by atoms with Crippen molar-refractivity contribution in [3.05, 3.63) is 33.9 Å². The number of nitrogens with one attached hydrogen (secondary N) is 1. The molecule has 1 N–H and O–H groups in total. The summed E-state index contributed by atoms with van der Waals surface area (Å²) < 4.78 is 5.13. The summed E-state index contributed by atoms with van der Waals surface area (Å²) >= 11 is 0. The molecule has 1 aromatic carbocycles. The monoisotopic (exact) mass is 387 g/mol. The highest BCUT2D eigenvalue weighted by molar-refractivity contribution is 5.94. The first kappa shape index (κ1) is 21.4. The average Bonchev–Trinajstić information content (AvgIpc) is 2.65. The van der Waals surface area contributed by atoms with Crippen LogP contribution < -0.4 is 5.32 Å². The van der Waals surface area contributed by atoms with Crippen LogP contribution in [-0.4, -0.2) is 23.4 Å². The van der Waals surface area contributed by atoms with E-state index in [0.717, 1.165) is 31.7 Å². The first-order chi connectivity index (χ1) is 13.1. The molecule has 0 atom stereocenters. The number of anilines is 1. The molecular weight excluding hydrogens is 362 g/mol. The summed E-state index contributed by atoms with van der Waals surface area (Å²) in [6.07, 6.45) is 3.43. The number of non-ortho nitro benzene ring substituents is 1. The van der Waals surface area contributed by atoms with E-state index in [-0.39, 0.29) is 34.2 Å². The Balaban J connectivity index is 1.85. The number of nitriles is 1. The van der Waals surface area contributed by atoms with Gasteiger partial charge in [0.1, 0.15) is 6.07 Å². The Morgan fingerprint density at radius 3 is 2.46 bits per heavy atom. The maximum absolute atomic E-state index is 12.2. The van der Waals surface area contributed by atoms with Crippen LogP contribution in [0.4, 0.5) is 11.4 Å². The molecular formula is C20H25N3O5. The molecule has 0 heterocycles. The first-order valence-corrected chi connectivity index (χ1v) is 9.27. The van der Waals surface area contributed by atoms with Crippen LogP contribution in [0.15, 0.2) is 18.2 Å².